The number of hydrogen-bond donors (Lipinski definition) is 1. The van der Waals surface area contributed by atoms with Gasteiger partial charge in [0.2, 0.25) is 0 Å². The Kier molecular flexibility index (Phi) is 4.89. The Morgan fingerprint density at radius 3 is 3.15 bits per heavy atom. The summed E-state index contributed by atoms with van der Waals surface area (Å²) in [5.41, 5.74) is 0.285. The zero-order valence-corrected chi connectivity index (χ0v) is 11.9. The van der Waals surface area contributed by atoms with Crippen molar-refractivity contribution < 1.29 is 13.9 Å². The van der Waals surface area contributed by atoms with Gasteiger partial charge in [-0.25, -0.2) is 9.37 Å². The minimum Gasteiger partial charge on any atom is -0.375 e. The summed E-state index contributed by atoms with van der Waals surface area (Å²) in [4.78, 5) is 18.2. The first kappa shape index (κ1) is 14.7. The molecule has 110 valence electrons. The number of pyridine rings is 1. The van der Waals surface area contributed by atoms with Crippen LogP contribution in [0, 0.1) is 5.82 Å². The predicted molar refractivity (Wildman–Crippen MR) is 74.3 cm³/mol. The molecular formula is C14H20FN3O2. The molecule has 0 aromatic carbocycles. The van der Waals surface area contributed by atoms with Gasteiger partial charge in [-0.1, -0.05) is 6.92 Å². The van der Waals surface area contributed by atoms with E-state index in [9.17, 15) is 9.18 Å². The van der Waals surface area contributed by atoms with Crippen LogP contribution in [0.5, 0.6) is 0 Å². The largest absolute Gasteiger partial charge is 0.375 e. The second-order valence-electron chi connectivity index (χ2n) is 4.91. The lowest BCUT2D eigenvalue weighted by molar-refractivity contribution is -0.0124. The van der Waals surface area contributed by atoms with E-state index in [0.29, 0.717) is 32.1 Å². The van der Waals surface area contributed by atoms with Crippen LogP contribution in [0.1, 0.15) is 30.6 Å². The Morgan fingerprint density at radius 2 is 2.45 bits per heavy atom. The van der Waals surface area contributed by atoms with E-state index in [-0.39, 0.29) is 17.6 Å². The van der Waals surface area contributed by atoms with Crippen molar-refractivity contribution in [1.29, 1.82) is 0 Å². The molecule has 0 radical (unpaired) electrons. The number of carbonyl (C=O) groups excluding carboxylic acids is 1. The average Bonchev–Trinajstić information content (AvgIpc) is 2.45. The van der Waals surface area contributed by atoms with Gasteiger partial charge in [0.05, 0.1) is 24.5 Å². The van der Waals surface area contributed by atoms with Gasteiger partial charge in [0.15, 0.2) is 0 Å². The fourth-order valence-corrected chi connectivity index (χ4v) is 2.16. The fourth-order valence-electron chi connectivity index (χ4n) is 2.16. The van der Waals surface area contributed by atoms with Crippen LogP contribution in [0.4, 0.5) is 10.2 Å². The highest BCUT2D eigenvalue weighted by atomic mass is 19.1. The van der Waals surface area contributed by atoms with E-state index in [1.54, 1.807) is 4.90 Å². The monoisotopic (exact) mass is 281 g/mol. The molecule has 5 nitrogen and oxygen atoms in total. The zero-order chi connectivity index (χ0) is 14.5. The second kappa shape index (κ2) is 6.65. The van der Waals surface area contributed by atoms with Crippen molar-refractivity contribution in [1.82, 2.24) is 9.88 Å². The van der Waals surface area contributed by atoms with E-state index in [1.165, 1.54) is 6.07 Å². The number of rotatable bonds is 4. The second-order valence-corrected chi connectivity index (χ2v) is 4.91. The molecule has 20 heavy (non-hydrogen) atoms. The molecule has 1 atom stereocenters. The molecule has 2 rings (SSSR count). The van der Waals surface area contributed by atoms with Crippen LogP contribution in [-0.4, -0.2) is 48.1 Å². The molecule has 1 N–H and O–H groups in total. The molecule has 1 fully saturated rings. The van der Waals surface area contributed by atoms with Gasteiger partial charge in [-0.2, -0.15) is 0 Å². The summed E-state index contributed by atoms with van der Waals surface area (Å²) in [5.74, 6) is -0.264. The Balaban J connectivity index is 2.20. The number of hydrogen-bond acceptors (Lipinski definition) is 4. The molecule has 1 aliphatic rings. The van der Waals surface area contributed by atoms with Crippen molar-refractivity contribution in [2.24, 2.45) is 0 Å². The quantitative estimate of drug-likeness (QED) is 0.916. The summed E-state index contributed by atoms with van der Waals surface area (Å²) in [7, 11) is 0. The summed E-state index contributed by atoms with van der Waals surface area (Å²) in [5, 5.41) is 3.06. The highest BCUT2D eigenvalue weighted by Crippen LogP contribution is 2.18. The third-order valence-electron chi connectivity index (χ3n) is 3.16. The Hall–Kier alpha value is -1.69. The molecule has 0 aliphatic carbocycles. The minimum absolute atomic E-state index is 0.00118. The minimum atomic E-state index is -0.503. The average molecular weight is 281 g/mol. The lowest BCUT2D eigenvalue weighted by atomic mass is 10.2. The van der Waals surface area contributed by atoms with E-state index >= 15 is 0 Å². The normalized spacial score (nSPS) is 18.9. The third kappa shape index (κ3) is 3.45. The Labute approximate surface area is 118 Å². The summed E-state index contributed by atoms with van der Waals surface area (Å²) < 4.78 is 18.8. The Bertz CT molecular complexity index is 481. The van der Waals surface area contributed by atoms with Gasteiger partial charge in [-0.3, -0.25) is 4.79 Å². The van der Waals surface area contributed by atoms with Crippen molar-refractivity contribution >= 4 is 11.7 Å². The number of anilines is 1. The van der Waals surface area contributed by atoms with Gasteiger partial charge < -0.3 is 15.0 Å². The third-order valence-corrected chi connectivity index (χ3v) is 3.16. The highest BCUT2D eigenvalue weighted by Gasteiger charge is 2.25. The van der Waals surface area contributed by atoms with Crippen molar-refractivity contribution in [2.75, 3.05) is 31.6 Å². The molecule has 1 aromatic rings. The molecule has 0 saturated carbocycles. The number of nitrogens with one attached hydrogen (secondary N) is 1. The van der Waals surface area contributed by atoms with Crippen molar-refractivity contribution in [2.45, 2.75) is 26.4 Å². The molecule has 1 unspecified atom stereocenters. The molecule has 0 spiro atoms. The molecule has 1 aliphatic heterocycles. The number of ether oxygens (including phenoxy) is 1. The number of aromatic nitrogens is 1. The first-order valence-electron chi connectivity index (χ1n) is 6.92. The van der Waals surface area contributed by atoms with E-state index in [2.05, 4.69) is 10.3 Å². The van der Waals surface area contributed by atoms with Crippen LogP contribution >= 0.6 is 0 Å². The Morgan fingerprint density at radius 1 is 1.65 bits per heavy atom. The lowest BCUT2D eigenvalue weighted by Gasteiger charge is -2.31. The van der Waals surface area contributed by atoms with E-state index < -0.39 is 5.82 Å². The van der Waals surface area contributed by atoms with Crippen LogP contribution in [0.15, 0.2) is 12.3 Å². The van der Waals surface area contributed by atoms with Gasteiger partial charge in [-0.15, -0.1) is 0 Å². The van der Waals surface area contributed by atoms with Crippen molar-refractivity contribution in [3.05, 3.63) is 23.6 Å². The van der Waals surface area contributed by atoms with Crippen molar-refractivity contribution in [3.63, 3.8) is 0 Å². The first-order valence-corrected chi connectivity index (χ1v) is 6.92. The molecule has 0 bridgehead atoms. The molecule has 2 heterocycles. The summed E-state index contributed by atoms with van der Waals surface area (Å²) in [6.45, 7) is 6.17. The van der Waals surface area contributed by atoms with E-state index in [4.69, 9.17) is 4.74 Å². The SMILES string of the molecule is CCCNc1ncc(F)cc1C(=O)N1CCOC(C)C1. The fraction of sp³-hybridized carbons (Fsp3) is 0.571. The maximum atomic E-state index is 13.4. The maximum absolute atomic E-state index is 13.4. The van der Waals surface area contributed by atoms with Crippen LogP contribution in [-0.2, 0) is 4.74 Å². The first-order chi connectivity index (χ1) is 9.61. The number of morpholine rings is 1. The van der Waals surface area contributed by atoms with E-state index in [0.717, 1.165) is 12.6 Å². The van der Waals surface area contributed by atoms with Gasteiger partial charge in [0, 0.05) is 19.6 Å². The van der Waals surface area contributed by atoms with Crippen LogP contribution in [0.3, 0.4) is 0 Å². The van der Waals surface area contributed by atoms with Gasteiger partial charge >= 0.3 is 0 Å². The van der Waals surface area contributed by atoms with Crippen LogP contribution in [0.2, 0.25) is 0 Å². The van der Waals surface area contributed by atoms with Crippen LogP contribution in [0.25, 0.3) is 0 Å². The summed E-state index contributed by atoms with van der Waals surface area (Å²) >= 11 is 0. The molecule has 1 saturated heterocycles. The smallest absolute Gasteiger partial charge is 0.257 e. The number of carbonyl (C=O) groups is 1. The highest BCUT2D eigenvalue weighted by molar-refractivity contribution is 5.98. The predicted octanol–water partition coefficient (Wildman–Crippen LogP) is 1.90. The summed E-state index contributed by atoms with van der Waals surface area (Å²) in [6, 6.07) is 1.24. The molecule has 1 aromatic heterocycles. The zero-order valence-electron chi connectivity index (χ0n) is 11.9. The standard InChI is InChI=1S/C14H20FN3O2/c1-3-4-16-13-12(7-11(15)8-17-13)14(19)18-5-6-20-10(2)9-18/h7-8,10H,3-6,9H2,1-2H3,(H,16,17). The van der Waals surface area contributed by atoms with Gasteiger partial charge in [-0.05, 0) is 19.4 Å². The topological polar surface area (TPSA) is 54.5 Å². The van der Waals surface area contributed by atoms with Gasteiger partial charge in [0.25, 0.3) is 5.91 Å². The van der Waals surface area contributed by atoms with Crippen LogP contribution < -0.4 is 5.32 Å². The van der Waals surface area contributed by atoms with Crippen molar-refractivity contribution in [3.8, 4) is 0 Å². The lowest BCUT2D eigenvalue weighted by Crippen LogP contribution is -2.44. The molecule has 6 heteroatoms. The molecular weight excluding hydrogens is 261 g/mol. The van der Waals surface area contributed by atoms with E-state index in [1.807, 2.05) is 13.8 Å². The number of halogens is 1. The number of nitrogens with zero attached hydrogens (tertiary/aromatic N) is 2. The van der Waals surface area contributed by atoms with Gasteiger partial charge in [0.1, 0.15) is 11.6 Å². The maximum Gasteiger partial charge on any atom is 0.257 e. The number of amides is 1. The molecule has 1 amide bonds. The summed E-state index contributed by atoms with van der Waals surface area (Å²) in [6.07, 6.45) is 2.03.